The fourth-order valence-electron chi connectivity index (χ4n) is 5.31. The van der Waals surface area contributed by atoms with E-state index in [4.69, 9.17) is 15.2 Å². The molecule has 9 nitrogen and oxygen atoms in total. The molecule has 3 aromatic carbocycles. The van der Waals surface area contributed by atoms with Gasteiger partial charge in [-0.25, -0.2) is 23.4 Å². The fraction of sp³-hybridized carbons (Fsp3) is 0.100. The second kappa shape index (κ2) is 9.05. The van der Waals surface area contributed by atoms with Gasteiger partial charge in [-0.1, -0.05) is 30.3 Å². The zero-order chi connectivity index (χ0) is 28.4. The van der Waals surface area contributed by atoms with Crippen LogP contribution in [0.1, 0.15) is 24.4 Å². The second-order valence-corrected chi connectivity index (χ2v) is 9.79. The van der Waals surface area contributed by atoms with Gasteiger partial charge in [0.25, 0.3) is 0 Å². The molecule has 41 heavy (non-hydrogen) atoms. The number of anilines is 1. The Morgan fingerprint density at radius 3 is 2.66 bits per heavy atom. The molecule has 0 radical (unpaired) electrons. The maximum Gasteiger partial charge on any atom is 0.203 e. The van der Waals surface area contributed by atoms with Gasteiger partial charge >= 0.3 is 0 Å². The average molecular weight is 550 g/mol. The van der Waals surface area contributed by atoms with Gasteiger partial charge < -0.3 is 10.2 Å². The molecular weight excluding hydrogens is 528 g/mol. The van der Waals surface area contributed by atoms with E-state index in [1.807, 2.05) is 25.1 Å². The molecule has 7 aromatic rings. The highest BCUT2D eigenvalue weighted by atomic mass is 19.1. The summed E-state index contributed by atoms with van der Waals surface area (Å²) in [5.74, 6) is -0.904. The normalized spacial score (nSPS) is 12.5. The first-order valence-electron chi connectivity index (χ1n) is 12.8. The predicted octanol–water partition coefficient (Wildman–Crippen LogP) is 5.92. The quantitative estimate of drug-likeness (QED) is 0.279. The van der Waals surface area contributed by atoms with E-state index in [-0.39, 0.29) is 33.7 Å². The Kier molecular flexibility index (Phi) is 5.43. The van der Waals surface area contributed by atoms with E-state index in [2.05, 4.69) is 20.2 Å². The van der Waals surface area contributed by atoms with Gasteiger partial charge in [-0.3, -0.25) is 9.89 Å². The number of nitrogens with zero attached hydrogens (tertiary/aromatic N) is 5. The Balaban J connectivity index is 1.50. The Labute approximate surface area is 230 Å². The van der Waals surface area contributed by atoms with Crippen molar-refractivity contribution in [1.29, 1.82) is 0 Å². The number of hydrogen-bond acceptors (Lipinski definition) is 7. The largest absolute Gasteiger partial charge is 0.458 e. The van der Waals surface area contributed by atoms with Crippen LogP contribution in [0.2, 0.25) is 0 Å². The van der Waals surface area contributed by atoms with Crippen molar-refractivity contribution in [1.82, 2.24) is 29.9 Å². The number of nitrogens with one attached hydrogen (secondary N) is 1. The number of nitrogen functional groups attached to an aromatic ring is 1. The number of aryl methyl sites for hydroxylation is 1. The zero-order valence-corrected chi connectivity index (χ0v) is 21.8. The molecule has 3 N–H and O–H groups in total. The lowest BCUT2D eigenvalue weighted by atomic mass is 9.99. The summed E-state index contributed by atoms with van der Waals surface area (Å²) in [6.07, 6.45) is 1.33. The third kappa shape index (κ3) is 3.77. The Morgan fingerprint density at radius 1 is 1.00 bits per heavy atom. The Hall–Kier alpha value is -5.45. The van der Waals surface area contributed by atoms with Gasteiger partial charge in [0, 0.05) is 10.9 Å². The Bertz CT molecular complexity index is 2220. The third-order valence-electron chi connectivity index (χ3n) is 7.30. The van der Waals surface area contributed by atoms with E-state index < -0.39 is 23.1 Å². The van der Waals surface area contributed by atoms with Crippen molar-refractivity contribution in [3.63, 3.8) is 0 Å². The summed E-state index contributed by atoms with van der Waals surface area (Å²) >= 11 is 0. The standard InChI is InChI=1S/C30H21F2N7O2/c1-14-19-10-9-17(12-21(19)37-36-14)26-25-29(33)34-13-35-30(25)39(38-26)15(2)28-23(16-5-3-6-18(31)11-16)27(40)24-20(32)7-4-8-22(24)41-28/h3-13,15H,1-2H3,(H,36,37)(H2,33,34,35). The zero-order valence-electron chi connectivity index (χ0n) is 21.8. The van der Waals surface area contributed by atoms with Gasteiger partial charge in [0.1, 0.15) is 52.2 Å². The minimum atomic E-state index is -0.752. The first-order valence-corrected chi connectivity index (χ1v) is 12.8. The first-order chi connectivity index (χ1) is 19.8. The maximum absolute atomic E-state index is 14.8. The van der Waals surface area contributed by atoms with Gasteiger partial charge in [0.2, 0.25) is 5.43 Å². The van der Waals surface area contributed by atoms with Crippen LogP contribution in [0.3, 0.4) is 0 Å². The van der Waals surface area contributed by atoms with Crippen molar-refractivity contribution in [2.45, 2.75) is 19.9 Å². The highest BCUT2D eigenvalue weighted by Crippen LogP contribution is 2.37. The van der Waals surface area contributed by atoms with E-state index in [1.165, 1.54) is 42.7 Å². The van der Waals surface area contributed by atoms with Crippen LogP contribution in [0.5, 0.6) is 0 Å². The van der Waals surface area contributed by atoms with E-state index in [1.54, 1.807) is 17.7 Å². The predicted molar refractivity (Wildman–Crippen MR) is 151 cm³/mol. The maximum atomic E-state index is 14.8. The fourth-order valence-corrected chi connectivity index (χ4v) is 5.31. The summed E-state index contributed by atoms with van der Waals surface area (Å²) in [4.78, 5) is 22.4. The molecule has 4 aromatic heterocycles. The van der Waals surface area contributed by atoms with E-state index in [0.29, 0.717) is 16.7 Å². The number of rotatable bonds is 4. The van der Waals surface area contributed by atoms with Gasteiger partial charge in [-0.2, -0.15) is 10.2 Å². The van der Waals surface area contributed by atoms with Gasteiger partial charge in [-0.05, 0) is 49.7 Å². The summed E-state index contributed by atoms with van der Waals surface area (Å²) < 4.78 is 37.0. The van der Waals surface area contributed by atoms with Gasteiger partial charge in [0.15, 0.2) is 5.65 Å². The van der Waals surface area contributed by atoms with E-state index >= 15 is 0 Å². The van der Waals surface area contributed by atoms with Crippen LogP contribution in [0.4, 0.5) is 14.6 Å². The molecular formula is C30H21F2N7O2. The van der Waals surface area contributed by atoms with Crippen molar-refractivity contribution < 1.29 is 13.2 Å². The lowest BCUT2D eigenvalue weighted by Crippen LogP contribution is -2.17. The summed E-state index contributed by atoms with van der Waals surface area (Å²) in [6, 6.07) is 14.7. The van der Waals surface area contributed by atoms with Crippen LogP contribution in [0, 0.1) is 18.6 Å². The molecule has 0 amide bonds. The van der Waals surface area contributed by atoms with Crippen LogP contribution in [0.25, 0.3) is 55.3 Å². The summed E-state index contributed by atoms with van der Waals surface area (Å²) in [7, 11) is 0. The van der Waals surface area contributed by atoms with Crippen molar-refractivity contribution in [3.8, 4) is 22.4 Å². The topological polar surface area (TPSA) is 129 Å². The number of halogens is 2. The van der Waals surface area contributed by atoms with Gasteiger partial charge in [-0.15, -0.1) is 0 Å². The minimum absolute atomic E-state index is 0.0242. The second-order valence-electron chi connectivity index (χ2n) is 9.79. The van der Waals surface area contributed by atoms with Crippen LogP contribution in [-0.4, -0.2) is 29.9 Å². The number of nitrogens with two attached hydrogens (primary N) is 1. The van der Waals surface area contributed by atoms with Crippen LogP contribution >= 0.6 is 0 Å². The van der Waals surface area contributed by atoms with Gasteiger partial charge in [0.05, 0.1) is 22.2 Å². The molecule has 4 heterocycles. The van der Waals surface area contributed by atoms with Crippen LogP contribution in [0.15, 0.2) is 76.2 Å². The molecule has 0 saturated carbocycles. The molecule has 0 aliphatic heterocycles. The van der Waals surface area contributed by atoms with E-state index in [0.717, 1.165) is 22.2 Å². The highest BCUT2D eigenvalue weighted by molar-refractivity contribution is 6.00. The van der Waals surface area contributed by atoms with E-state index in [9.17, 15) is 13.6 Å². The highest BCUT2D eigenvalue weighted by Gasteiger charge is 2.28. The number of aromatic amines is 1. The van der Waals surface area contributed by atoms with Crippen molar-refractivity contribution in [3.05, 3.63) is 100 Å². The minimum Gasteiger partial charge on any atom is -0.458 e. The number of hydrogen-bond donors (Lipinski definition) is 2. The molecule has 202 valence electrons. The first kappa shape index (κ1) is 24.6. The van der Waals surface area contributed by atoms with Crippen LogP contribution in [-0.2, 0) is 0 Å². The molecule has 0 fully saturated rings. The lowest BCUT2D eigenvalue weighted by Gasteiger charge is -2.17. The summed E-state index contributed by atoms with van der Waals surface area (Å²) in [5, 5.41) is 13.4. The third-order valence-corrected chi connectivity index (χ3v) is 7.30. The number of aromatic nitrogens is 6. The molecule has 7 rings (SSSR count). The average Bonchev–Trinajstić information content (AvgIpc) is 3.54. The number of fused-ring (bicyclic) bond motifs is 3. The Morgan fingerprint density at radius 2 is 1.83 bits per heavy atom. The molecule has 0 aliphatic rings. The van der Waals surface area contributed by atoms with Crippen molar-refractivity contribution in [2.75, 3.05) is 5.73 Å². The molecule has 1 unspecified atom stereocenters. The van der Waals surface area contributed by atoms with Crippen LogP contribution < -0.4 is 11.2 Å². The summed E-state index contributed by atoms with van der Waals surface area (Å²) in [6.45, 7) is 3.68. The van der Waals surface area contributed by atoms with Crippen molar-refractivity contribution in [2.24, 2.45) is 0 Å². The number of benzene rings is 3. The number of H-pyrrole nitrogens is 1. The molecule has 11 heteroatoms. The SMILES string of the molecule is Cc1n[nH]c2cc(-c3nn(C(C)c4oc5cccc(F)c5c(=O)c4-c4cccc(F)c4)c4ncnc(N)c34)ccc12. The molecule has 0 saturated heterocycles. The molecule has 0 spiro atoms. The van der Waals surface area contributed by atoms with Crippen molar-refractivity contribution >= 4 is 38.7 Å². The molecule has 0 bridgehead atoms. The lowest BCUT2D eigenvalue weighted by molar-refractivity contribution is 0.445. The molecule has 1 atom stereocenters. The monoisotopic (exact) mass is 549 g/mol. The smallest absolute Gasteiger partial charge is 0.203 e. The summed E-state index contributed by atoms with van der Waals surface area (Å²) in [5.41, 5.74) is 9.38. The molecule has 0 aliphatic carbocycles.